The molecule has 0 saturated heterocycles. The molecule has 1 N–H and O–H groups in total. The number of fused-ring (bicyclic) bond motifs is 1. The van der Waals surface area contributed by atoms with Gasteiger partial charge in [-0.25, -0.2) is 9.79 Å². The molecule has 0 fully saturated rings. The topological polar surface area (TPSA) is 71.0 Å². The SMILES string of the molecule is CCOC(=O)C1=C(C)N=C2SC=C(CC(=O)N[C@@H](C)CC)N2[C@H]1c1ccccc1Cl. The minimum absolute atomic E-state index is 0.0701. The Kier molecular flexibility index (Phi) is 7.26. The van der Waals surface area contributed by atoms with E-state index in [0.29, 0.717) is 16.3 Å². The number of benzene rings is 1. The van der Waals surface area contributed by atoms with E-state index in [2.05, 4.69) is 10.3 Å². The van der Waals surface area contributed by atoms with Gasteiger partial charge in [0, 0.05) is 16.8 Å². The molecule has 0 radical (unpaired) electrons. The number of hydrogen-bond donors (Lipinski definition) is 1. The number of amidine groups is 1. The van der Waals surface area contributed by atoms with Crippen LogP contribution >= 0.6 is 23.4 Å². The van der Waals surface area contributed by atoms with Crippen LogP contribution in [0.1, 0.15) is 52.1 Å². The molecule has 1 amide bonds. The van der Waals surface area contributed by atoms with Gasteiger partial charge in [0.05, 0.1) is 30.3 Å². The van der Waals surface area contributed by atoms with E-state index in [9.17, 15) is 9.59 Å². The van der Waals surface area contributed by atoms with Crippen LogP contribution in [0.15, 0.2) is 51.6 Å². The molecule has 0 spiro atoms. The van der Waals surface area contributed by atoms with Crippen LogP contribution < -0.4 is 5.32 Å². The number of carbonyl (C=O) groups is 2. The maximum absolute atomic E-state index is 12.9. The van der Waals surface area contributed by atoms with E-state index in [0.717, 1.165) is 22.8 Å². The molecule has 2 aliphatic rings. The average Bonchev–Trinajstić information content (AvgIpc) is 3.09. The Morgan fingerprint density at radius 2 is 2.07 bits per heavy atom. The lowest BCUT2D eigenvalue weighted by atomic mass is 9.93. The fraction of sp³-hybridized carbons (Fsp3) is 0.409. The van der Waals surface area contributed by atoms with Gasteiger partial charge < -0.3 is 15.0 Å². The quantitative estimate of drug-likeness (QED) is 0.609. The normalized spacial score (nSPS) is 19.1. The number of thioether (sulfide) groups is 1. The van der Waals surface area contributed by atoms with Crippen molar-refractivity contribution in [2.75, 3.05) is 6.61 Å². The lowest BCUT2D eigenvalue weighted by Crippen LogP contribution is -2.39. The Labute approximate surface area is 186 Å². The Hall–Kier alpha value is -2.25. The monoisotopic (exact) mass is 447 g/mol. The van der Waals surface area contributed by atoms with E-state index in [1.807, 2.05) is 42.4 Å². The summed E-state index contributed by atoms with van der Waals surface area (Å²) in [7, 11) is 0. The number of carbonyl (C=O) groups excluding carboxylic acids is 2. The fourth-order valence-electron chi connectivity index (χ4n) is 3.42. The fourth-order valence-corrected chi connectivity index (χ4v) is 4.63. The van der Waals surface area contributed by atoms with E-state index in [1.54, 1.807) is 19.9 Å². The predicted octanol–water partition coefficient (Wildman–Crippen LogP) is 4.78. The van der Waals surface area contributed by atoms with Gasteiger partial charge in [0.1, 0.15) is 0 Å². The highest BCUT2D eigenvalue weighted by Gasteiger charge is 2.41. The second-order valence-corrected chi connectivity index (χ2v) is 8.43. The molecule has 2 heterocycles. The van der Waals surface area contributed by atoms with Crippen LogP contribution in [0, 0.1) is 0 Å². The zero-order chi connectivity index (χ0) is 21.8. The second kappa shape index (κ2) is 9.71. The first-order valence-corrected chi connectivity index (χ1v) is 11.3. The van der Waals surface area contributed by atoms with Crippen LogP contribution in [0.2, 0.25) is 5.02 Å². The molecule has 3 rings (SSSR count). The van der Waals surface area contributed by atoms with E-state index < -0.39 is 12.0 Å². The molecule has 2 aliphatic heterocycles. The number of hydrogen-bond acceptors (Lipinski definition) is 6. The molecule has 160 valence electrons. The van der Waals surface area contributed by atoms with Gasteiger partial charge in [-0.05, 0) is 44.2 Å². The largest absolute Gasteiger partial charge is 0.463 e. The Bertz CT molecular complexity index is 941. The molecule has 1 aromatic carbocycles. The Balaban J connectivity index is 2.02. The zero-order valence-electron chi connectivity index (χ0n) is 17.6. The number of allylic oxidation sites excluding steroid dienone is 1. The van der Waals surface area contributed by atoms with E-state index in [1.165, 1.54) is 11.8 Å². The number of nitrogens with one attached hydrogen (secondary N) is 1. The van der Waals surface area contributed by atoms with Gasteiger partial charge >= 0.3 is 5.97 Å². The molecular formula is C22H26ClN3O3S. The van der Waals surface area contributed by atoms with Crippen molar-refractivity contribution in [3.05, 3.63) is 57.2 Å². The first-order chi connectivity index (χ1) is 14.4. The molecular weight excluding hydrogens is 422 g/mol. The molecule has 0 aromatic heterocycles. The molecule has 30 heavy (non-hydrogen) atoms. The number of aliphatic imine (C=N–C) groups is 1. The summed E-state index contributed by atoms with van der Waals surface area (Å²) in [5, 5.41) is 6.17. The van der Waals surface area contributed by atoms with Crippen molar-refractivity contribution in [3.8, 4) is 0 Å². The van der Waals surface area contributed by atoms with Crippen molar-refractivity contribution >= 4 is 40.4 Å². The second-order valence-electron chi connectivity index (χ2n) is 7.19. The number of ether oxygens (including phenoxy) is 1. The van der Waals surface area contributed by atoms with Crippen molar-refractivity contribution in [1.82, 2.24) is 10.2 Å². The summed E-state index contributed by atoms with van der Waals surface area (Å²) < 4.78 is 5.33. The van der Waals surface area contributed by atoms with Gasteiger partial charge in [0.25, 0.3) is 0 Å². The lowest BCUT2D eigenvalue weighted by Gasteiger charge is -2.36. The van der Waals surface area contributed by atoms with E-state index in [4.69, 9.17) is 16.3 Å². The third kappa shape index (κ3) is 4.57. The smallest absolute Gasteiger partial charge is 0.338 e. The maximum Gasteiger partial charge on any atom is 0.338 e. The standard InChI is InChI=1S/C22H26ClN3O3S/c1-5-13(3)24-18(27)11-15-12-30-22-25-14(4)19(21(28)29-6-2)20(26(15)22)16-9-7-8-10-17(16)23/h7-10,12-13,20H,5-6,11H2,1-4H3,(H,24,27)/t13-,20-/m0/s1. The third-order valence-electron chi connectivity index (χ3n) is 5.06. The summed E-state index contributed by atoms with van der Waals surface area (Å²) >= 11 is 7.98. The molecule has 2 atom stereocenters. The number of esters is 1. The molecule has 0 aliphatic carbocycles. The van der Waals surface area contributed by atoms with Gasteiger partial charge in [0.2, 0.25) is 5.91 Å². The highest BCUT2D eigenvalue weighted by molar-refractivity contribution is 8.16. The summed E-state index contributed by atoms with van der Waals surface area (Å²) in [5.74, 6) is -0.498. The summed E-state index contributed by atoms with van der Waals surface area (Å²) in [4.78, 5) is 32.0. The number of amides is 1. The van der Waals surface area contributed by atoms with Crippen molar-refractivity contribution in [2.24, 2.45) is 4.99 Å². The highest BCUT2D eigenvalue weighted by Crippen LogP contribution is 2.46. The Morgan fingerprint density at radius 1 is 1.33 bits per heavy atom. The van der Waals surface area contributed by atoms with Crippen molar-refractivity contribution in [1.29, 1.82) is 0 Å². The predicted molar refractivity (Wildman–Crippen MR) is 121 cm³/mol. The van der Waals surface area contributed by atoms with Crippen LogP contribution in [0.25, 0.3) is 0 Å². The van der Waals surface area contributed by atoms with Gasteiger partial charge in [-0.1, -0.05) is 48.5 Å². The van der Waals surface area contributed by atoms with E-state index in [-0.39, 0.29) is 25.0 Å². The summed E-state index contributed by atoms with van der Waals surface area (Å²) in [6.45, 7) is 7.83. The summed E-state index contributed by atoms with van der Waals surface area (Å²) in [6.07, 6.45) is 1.04. The number of nitrogens with zero attached hydrogens (tertiary/aromatic N) is 2. The number of rotatable bonds is 7. The van der Waals surface area contributed by atoms with Gasteiger partial charge in [-0.3, -0.25) is 4.79 Å². The van der Waals surface area contributed by atoms with Gasteiger partial charge in [-0.15, -0.1) is 0 Å². The first kappa shape index (κ1) is 22.4. The first-order valence-electron chi connectivity index (χ1n) is 10.0. The molecule has 0 unspecified atom stereocenters. The molecule has 8 heteroatoms. The van der Waals surface area contributed by atoms with Crippen LogP contribution in [-0.4, -0.2) is 34.6 Å². The van der Waals surface area contributed by atoms with Crippen molar-refractivity contribution in [2.45, 2.75) is 52.6 Å². The average molecular weight is 448 g/mol. The zero-order valence-corrected chi connectivity index (χ0v) is 19.1. The van der Waals surface area contributed by atoms with Crippen LogP contribution in [0.5, 0.6) is 0 Å². The van der Waals surface area contributed by atoms with Crippen LogP contribution in [0.3, 0.4) is 0 Å². The molecule has 1 aromatic rings. The maximum atomic E-state index is 12.9. The molecule has 6 nitrogen and oxygen atoms in total. The third-order valence-corrected chi connectivity index (χ3v) is 6.29. The van der Waals surface area contributed by atoms with Crippen LogP contribution in [-0.2, 0) is 14.3 Å². The van der Waals surface area contributed by atoms with Gasteiger partial charge in [-0.2, -0.15) is 0 Å². The minimum atomic E-state index is -0.511. The van der Waals surface area contributed by atoms with Crippen molar-refractivity contribution in [3.63, 3.8) is 0 Å². The lowest BCUT2D eigenvalue weighted by molar-refractivity contribution is -0.139. The Morgan fingerprint density at radius 3 is 2.73 bits per heavy atom. The molecule has 0 saturated carbocycles. The molecule has 0 bridgehead atoms. The van der Waals surface area contributed by atoms with Crippen molar-refractivity contribution < 1.29 is 14.3 Å². The van der Waals surface area contributed by atoms with E-state index >= 15 is 0 Å². The minimum Gasteiger partial charge on any atom is -0.463 e. The van der Waals surface area contributed by atoms with Gasteiger partial charge in [0.15, 0.2) is 5.17 Å². The highest BCUT2D eigenvalue weighted by atomic mass is 35.5. The number of halogens is 1. The summed E-state index contributed by atoms with van der Waals surface area (Å²) in [6, 6.07) is 7.00. The van der Waals surface area contributed by atoms with Crippen LogP contribution in [0.4, 0.5) is 0 Å². The summed E-state index contributed by atoms with van der Waals surface area (Å²) in [5.41, 5.74) is 2.57.